The lowest BCUT2D eigenvalue weighted by molar-refractivity contribution is -0.125. The van der Waals surface area contributed by atoms with E-state index in [1.807, 2.05) is 20.6 Å². The fourth-order valence-corrected chi connectivity index (χ4v) is 1.89. The van der Waals surface area contributed by atoms with Gasteiger partial charge in [0.05, 0.1) is 0 Å². The molecular formula is C13H21FO3. The summed E-state index contributed by atoms with van der Waals surface area (Å²) < 4.78 is 12.6. The lowest BCUT2D eigenvalue weighted by Crippen LogP contribution is -2.36. The van der Waals surface area contributed by atoms with Crippen LogP contribution >= 0.6 is 0 Å². The molecule has 3 nitrogen and oxygen atoms in total. The number of ketones is 1. The van der Waals surface area contributed by atoms with Crippen molar-refractivity contribution in [3.63, 3.8) is 0 Å². The Morgan fingerprint density at radius 1 is 1.41 bits per heavy atom. The van der Waals surface area contributed by atoms with Crippen molar-refractivity contribution in [2.75, 3.05) is 6.67 Å². The molecule has 0 heterocycles. The zero-order chi connectivity index (χ0) is 14.2. The van der Waals surface area contributed by atoms with E-state index in [1.165, 1.54) is 0 Å². The van der Waals surface area contributed by atoms with Crippen LogP contribution in [0.4, 0.5) is 4.39 Å². The van der Waals surface area contributed by atoms with Crippen molar-refractivity contribution in [3.05, 3.63) is 24.3 Å². The average molecular weight is 244 g/mol. The molecule has 1 unspecified atom stereocenters. The monoisotopic (exact) mass is 244 g/mol. The third-order valence-electron chi connectivity index (χ3n) is 2.78. The minimum absolute atomic E-state index is 0.322. The summed E-state index contributed by atoms with van der Waals surface area (Å²) >= 11 is 0. The Kier molecular flexibility index (Phi) is 8.40. The summed E-state index contributed by atoms with van der Waals surface area (Å²) in [5.74, 6) is -0.327. The number of hydrogen-bond donors (Lipinski definition) is 1. The second-order valence-electron chi connectivity index (χ2n) is 4.21. The van der Waals surface area contributed by atoms with Crippen LogP contribution in [0.15, 0.2) is 24.3 Å². The molecule has 4 heteroatoms. The van der Waals surface area contributed by atoms with Crippen molar-refractivity contribution in [2.24, 2.45) is 5.41 Å². The van der Waals surface area contributed by atoms with Crippen LogP contribution in [0.3, 0.4) is 0 Å². The third kappa shape index (κ3) is 4.23. The van der Waals surface area contributed by atoms with Gasteiger partial charge in [-0.15, -0.1) is 13.2 Å². The van der Waals surface area contributed by atoms with Gasteiger partial charge in [-0.05, 0) is 29.9 Å². The first kappa shape index (κ1) is 18.1. The van der Waals surface area contributed by atoms with Gasteiger partial charge in [0.15, 0.2) is 5.78 Å². The molecule has 0 radical (unpaired) electrons. The fourth-order valence-electron chi connectivity index (χ4n) is 1.89. The van der Waals surface area contributed by atoms with Gasteiger partial charge in [0.1, 0.15) is 19.6 Å². The molecule has 1 atom stereocenters. The molecule has 1 rings (SSSR count). The molecule has 0 aromatic rings. The van der Waals surface area contributed by atoms with Crippen molar-refractivity contribution in [3.8, 4) is 0 Å². The van der Waals surface area contributed by atoms with Crippen LogP contribution in [-0.2, 0) is 9.59 Å². The number of aliphatic hydroxyl groups is 1. The second-order valence-corrected chi connectivity index (χ2v) is 4.21. The average Bonchev–Trinajstić information content (AvgIpc) is 2.31. The van der Waals surface area contributed by atoms with E-state index in [9.17, 15) is 14.3 Å². The van der Waals surface area contributed by atoms with E-state index in [4.69, 9.17) is 4.79 Å². The van der Waals surface area contributed by atoms with Crippen LogP contribution in [-0.4, -0.2) is 30.5 Å². The Morgan fingerprint density at radius 2 is 1.82 bits per heavy atom. The molecule has 0 saturated heterocycles. The van der Waals surface area contributed by atoms with E-state index in [0.29, 0.717) is 17.6 Å². The normalized spacial score (nSPS) is 21.9. The highest BCUT2D eigenvalue weighted by Gasteiger charge is 2.37. The molecule has 0 amide bonds. The minimum Gasteiger partial charge on any atom is -0.385 e. The lowest BCUT2D eigenvalue weighted by Gasteiger charge is -2.34. The zero-order valence-electron chi connectivity index (χ0n) is 10.8. The number of allylic oxidation sites excluding steroid dienone is 1. The van der Waals surface area contributed by atoms with Crippen LogP contribution in [0.2, 0.25) is 0 Å². The molecule has 1 aliphatic rings. The number of Topliss-reactive ketones (excluding diaryl/α,β-unsaturated/α-hetero) is 1. The van der Waals surface area contributed by atoms with Crippen molar-refractivity contribution in [1.29, 1.82) is 0 Å². The van der Waals surface area contributed by atoms with Gasteiger partial charge in [-0.2, -0.15) is 0 Å². The molecule has 0 aromatic heterocycles. The summed E-state index contributed by atoms with van der Waals surface area (Å²) in [7, 11) is 0. The highest BCUT2D eigenvalue weighted by atomic mass is 19.1. The van der Waals surface area contributed by atoms with Crippen LogP contribution in [0.5, 0.6) is 0 Å². The number of aliphatic hydroxyl groups excluding tert-OH is 1. The number of hydrogen-bond acceptors (Lipinski definition) is 3. The van der Waals surface area contributed by atoms with Gasteiger partial charge in [0.2, 0.25) is 0 Å². The molecule has 1 aliphatic carbocycles. The maximum atomic E-state index is 12.6. The maximum absolute atomic E-state index is 12.6. The van der Waals surface area contributed by atoms with Gasteiger partial charge >= 0.3 is 0 Å². The first-order chi connectivity index (χ1) is 7.90. The number of halogens is 1. The zero-order valence-corrected chi connectivity index (χ0v) is 10.8. The Hall–Kier alpha value is -1.29. The first-order valence-electron chi connectivity index (χ1n) is 5.17. The van der Waals surface area contributed by atoms with Crippen molar-refractivity contribution < 1.29 is 19.1 Å². The molecule has 0 saturated carbocycles. The molecule has 0 fully saturated rings. The Morgan fingerprint density at radius 3 is 2.18 bits per heavy atom. The fraction of sp³-hybridized carbons (Fsp3) is 0.538. The first-order valence-corrected chi connectivity index (χ1v) is 5.17. The lowest BCUT2D eigenvalue weighted by atomic mass is 9.71. The highest BCUT2D eigenvalue weighted by molar-refractivity contribution is 6.00. The summed E-state index contributed by atoms with van der Waals surface area (Å²) in [6.07, 6.45) is -0.632. The van der Waals surface area contributed by atoms with Crippen molar-refractivity contribution in [1.82, 2.24) is 0 Å². The summed E-state index contributed by atoms with van der Waals surface area (Å²) in [6, 6.07) is 0. The summed E-state index contributed by atoms with van der Waals surface area (Å²) in [4.78, 5) is 19.3. The molecule has 0 aliphatic heterocycles. The Bertz CT molecular complexity index is 293. The summed E-state index contributed by atoms with van der Waals surface area (Å²) in [6.45, 7) is 12.7. The van der Waals surface area contributed by atoms with Crippen molar-refractivity contribution in [2.45, 2.75) is 33.3 Å². The Labute approximate surface area is 102 Å². The van der Waals surface area contributed by atoms with E-state index in [0.717, 1.165) is 0 Å². The van der Waals surface area contributed by atoms with Crippen LogP contribution < -0.4 is 0 Å². The largest absolute Gasteiger partial charge is 0.385 e. The summed E-state index contributed by atoms with van der Waals surface area (Å²) in [5.41, 5.74) is 0.528. The van der Waals surface area contributed by atoms with Gasteiger partial charge in [-0.25, -0.2) is 4.39 Å². The predicted octanol–water partition coefficient (Wildman–Crippen LogP) is 2.25. The van der Waals surface area contributed by atoms with Crippen molar-refractivity contribution >= 4 is 12.6 Å². The van der Waals surface area contributed by atoms with Crippen LogP contribution in [0, 0.1) is 5.41 Å². The summed E-state index contributed by atoms with van der Waals surface area (Å²) in [5, 5.41) is 9.39. The SMILES string of the molecule is C=C.C=O.CC1=C(CF)C(C)(C)CC(O)C1=O. The topological polar surface area (TPSA) is 54.4 Å². The standard InChI is InChI=1S/C10H15FO2.C2H4.CH2O/c1-6-7(5-11)10(2,3)4-8(12)9(6)13;2*1-2/h8,12H,4-5H2,1-3H3;1-2H2;1H2. The molecule has 17 heavy (non-hydrogen) atoms. The molecule has 1 N–H and O–H groups in total. The molecule has 98 valence electrons. The highest BCUT2D eigenvalue weighted by Crippen LogP contribution is 2.38. The Balaban J connectivity index is 0. The third-order valence-corrected chi connectivity index (χ3v) is 2.78. The van der Waals surface area contributed by atoms with Gasteiger partial charge < -0.3 is 9.90 Å². The van der Waals surface area contributed by atoms with E-state index < -0.39 is 18.2 Å². The van der Waals surface area contributed by atoms with Gasteiger partial charge in [0.25, 0.3) is 0 Å². The molecule has 0 bridgehead atoms. The molecule has 0 spiro atoms. The van der Waals surface area contributed by atoms with E-state index in [-0.39, 0.29) is 5.78 Å². The number of rotatable bonds is 1. The predicted molar refractivity (Wildman–Crippen MR) is 66.5 cm³/mol. The quantitative estimate of drug-likeness (QED) is 0.720. The number of carbonyl (C=O) groups excluding carboxylic acids is 2. The number of alkyl halides is 1. The van der Waals surface area contributed by atoms with Crippen LogP contribution in [0.25, 0.3) is 0 Å². The van der Waals surface area contributed by atoms with E-state index >= 15 is 0 Å². The molecule has 0 aromatic carbocycles. The maximum Gasteiger partial charge on any atom is 0.187 e. The number of carbonyl (C=O) groups is 2. The van der Waals surface area contributed by atoms with E-state index in [2.05, 4.69) is 13.2 Å². The van der Waals surface area contributed by atoms with E-state index in [1.54, 1.807) is 6.92 Å². The molecular weight excluding hydrogens is 223 g/mol. The second kappa shape index (κ2) is 7.90. The van der Waals surface area contributed by atoms with Crippen LogP contribution in [0.1, 0.15) is 27.2 Å². The van der Waals surface area contributed by atoms with Gasteiger partial charge in [0, 0.05) is 0 Å². The minimum atomic E-state index is -0.953. The van der Waals surface area contributed by atoms with Gasteiger partial charge in [-0.3, -0.25) is 4.79 Å². The smallest absolute Gasteiger partial charge is 0.187 e. The van der Waals surface area contributed by atoms with Gasteiger partial charge in [-0.1, -0.05) is 13.8 Å².